The van der Waals surface area contributed by atoms with Crippen LogP contribution in [0.2, 0.25) is 10.0 Å². The summed E-state index contributed by atoms with van der Waals surface area (Å²) in [4.78, 5) is 18.1. The van der Waals surface area contributed by atoms with E-state index in [0.29, 0.717) is 77.4 Å². The monoisotopic (exact) mass is 762 g/mol. The smallest absolute Gasteiger partial charge is 0.320 e. The van der Waals surface area contributed by atoms with E-state index in [-0.39, 0.29) is 19.8 Å². The van der Waals surface area contributed by atoms with Crippen molar-refractivity contribution in [3.8, 4) is 34.4 Å². The first kappa shape index (κ1) is 39.8. The standard InChI is InChI=1S/C40H44Cl2N4O7/c1-26-32(8-5-11-36(26)51-14-6-12-44-21-31(48)23-47)33-9-4-7-29(39(33)42)25-53-38-17-37(52-24-28-15-27(18-43)19-45-20-28)30(16-34(38)41)22-46-13-3-2-10-35(46)40(49)50/h4-5,7-9,11,15-17,19-20,31,35,44,47-48H,2-3,6,10,12-14,21-25H2,1H3,(H,49,50). The van der Waals surface area contributed by atoms with E-state index in [2.05, 4.69) is 16.4 Å². The maximum atomic E-state index is 12.0. The van der Waals surface area contributed by atoms with Gasteiger partial charge < -0.3 is 34.8 Å². The van der Waals surface area contributed by atoms with Crippen molar-refractivity contribution in [2.45, 2.75) is 64.5 Å². The number of rotatable bonds is 18. The molecule has 2 atom stereocenters. The van der Waals surface area contributed by atoms with Gasteiger partial charge >= 0.3 is 5.97 Å². The quantitative estimate of drug-likeness (QED) is 0.0816. The number of aliphatic carboxylic acids is 1. The average Bonchev–Trinajstić information content (AvgIpc) is 3.16. The molecule has 2 unspecified atom stereocenters. The lowest BCUT2D eigenvalue weighted by Crippen LogP contribution is -2.44. The molecular formula is C40H44Cl2N4O7. The second kappa shape index (κ2) is 19.6. The van der Waals surface area contributed by atoms with E-state index in [1.807, 2.05) is 48.2 Å². The molecule has 280 valence electrons. The molecule has 13 heteroatoms. The number of nitrogens with one attached hydrogen (secondary N) is 1. The molecule has 53 heavy (non-hydrogen) atoms. The maximum absolute atomic E-state index is 12.0. The number of hydrogen-bond acceptors (Lipinski definition) is 10. The van der Waals surface area contributed by atoms with Crippen LogP contribution in [0.25, 0.3) is 11.1 Å². The van der Waals surface area contributed by atoms with Gasteiger partial charge in [0.1, 0.15) is 42.6 Å². The predicted molar refractivity (Wildman–Crippen MR) is 202 cm³/mol. The number of aromatic nitrogens is 1. The number of hydrogen-bond donors (Lipinski definition) is 4. The number of nitriles is 1. The average molecular weight is 764 g/mol. The third-order valence-electron chi connectivity index (χ3n) is 9.09. The predicted octanol–water partition coefficient (Wildman–Crippen LogP) is 6.54. The fourth-order valence-electron chi connectivity index (χ4n) is 6.24. The van der Waals surface area contributed by atoms with Gasteiger partial charge in [-0.1, -0.05) is 60.0 Å². The highest BCUT2D eigenvalue weighted by atomic mass is 35.5. The molecule has 3 aromatic carbocycles. The number of nitrogens with zero attached hydrogens (tertiary/aromatic N) is 3. The summed E-state index contributed by atoms with van der Waals surface area (Å²) in [7, 11) is 0. The van der Waals surface area contributed by atoms with Gasteiger partial charge in [0, 0.05) is 53.8 Å². The zero-order valence-corrected chi connectivity index (χ0v) is 31.1. The van der Waals surface area contributed by atoms with E-state index in [4.69, 9.17) is 42.5 Å². The molecule has 0 aliphatic carbocycles. The third kappa shape index (κ3) is 10.8. The van der Waals surface area contributed by atoms with Gasteiger partial charge in [0.25, 0.3) is 0 Å². The second-order valence-corrected chi connectivity index (χ2v) is 13.7. The fraction of sp³-hybridized carbons (Fsp3) is 0.375. The van der Waals surface area contributed by atoms with Crippen LogP contribution in [0.5, 0.6) is 17.2 Å². The van der Waals surface area contributed by atoms with Crippen LogP contribution in [0, 0.1) is 18.3 Å². The zero-order valence-electron chi connectivity index (χ0n) is 29.6. The van der Waals surface area contributed by atoms with Gasteiger partial charge in [-0.15, -0.1) is 0 Å². The molecule has 0 saturated carbocycles. The summed E-state index contributed by atoms with van der Waals surface area (Å²) in [5.74, 6) is 0.736. The minimum atomic E-state index is -0.854. The number of carbonyl (C=O) groups is 1. The van der Waals surface area contributed by atoms with Crippen LogP contribution >= 0.6 is 23.2 Å². The molecular weight excluding hydrogens is 719 g/mol. The number of piperidine rings is 1. The highest BCUT2D eigenvalue weighted by Crippen LogP contribution is 2.39. The molecule has 1 aliphatic heterocycles. The van der Waals surface area contributed by atoms with E-state index in [1.165, 1.54) is 6.20 Å². The zero-order chi connectivity index (χ0) is 37.7. The number of carboxylic acid groups (broad SMARTS) is 1. The Morgan fingerprint density at radius 3 is 2.60 bits per heavy atom. The van der Waals surface area contributed by atoms with Crippen molar-refractivity contribution < 1.29 is 34.3 Å². The van der Waals surface area contributed by atoms with Crippen LogP contribution in [0.1, 0.15) is 53.5 Å². The van der Waals surface area contributed by atoms with Crippen LogP contribution in [0.15, 0.2) is 67.0 Å². The lowest BCUT2D eigenvalue weighted by Gasteiger charge is -2.33. The second-order valence-electron chi connectivity index (χ2n) is 12.9. The van der Waals surface area contributed by atoms with Crippen molar-refractivity contribution in [2.75, 3.05) is 32.8 Å². The number of ether oxygens (including phenoxy) is 3. The van der Waals surface area contributed by atoms with Crippen molar-refractivity contribution in [3.63, 3.8) is 0 Å². The number of aliphatic hydroxyl groups is 2. The molecule has 0 radical (unpaired) electrons. The lowest BCUT2D eigenvalue weighted by molar-refractivity contribution is -0.144. The van der Waals surface area contributed by atoms with Gasteiger partial charge in [-0.2, -0.15) is 5.26 Å². The Labute approximate surface area is 319 Å². The molecule has 0 bridgehead atoms. The Kier molecular flexibility index (Phi) is 14.7. The first-order valence-electron chi connectivity index (χ1n) is 17.6. The topological polar surface area (TPSA) is 157 Å². The van der Waals surface area contributed by atoms with Gasteiger partial charge in [0.05, 0.1) is 34.9 Å². The number of pyridine rings is 1. The molecule has 4 aromatic rings. The first-order chi connectivity index (χ1) is 25.7. The molecule has 1 saturated heterocycles. The summed E-state index contributed by atoms with van der Waals surface area (Å²) in [5, 5.41) is 41.6. The highest BCUT2D eigenvalue weighted by Gasteiger charge is 2.29. The first-order valence-corrected chi connectivity index (χ1v) is 18.3. The molecule has 11 nitrogen and oxygen atoms in total. The molecule has 1 aromatic heterocycles. The Morgan fingerprint density at radius 1 is 1.02 bits per heavy atom. The van der Waals surface area contributed by atoms with E-state index in [0.717, 1.165) is 47.3 Å². The Morgan fingerprint density at radius 2 is 1.81 bits per heavy atom. The summed E-state index contributed by atoms with van der Waals surface area (Å²) < 4.78 is 18.6. The van der Waals surface area contributed by atoms with Crippen LogP contribution in [0.3, 0.4) is 0 Å². The lowest BCUT2D eigenvalue weighted by atomic mass is 9.98. The SMILES string of the molecule is Cc1c(OCCCNCC(O)CO)cccc1-c1cccc(COc2cc(OCc3cncc(C#N)c3)c(CN3CCCCC3C(=O)O)cc2Cl)c1Cl. The van der Waals surface area contributed by atoms with Gasteiger partial charge in [-0.25, -0.2) is 0 Å². The van der Waals surface area contributed by atoms with Crippen LogP contribution in [-0.4, -0.2) is 76.2 Å². The number of carboxylic acids is 1. The summed E-state index contributed by atoms with van der Waals surface area (Å²) in [5.41, 5.74) is 5.26. The Bertz CT molecular complexity index is 1900. The molecule has 1 fully saturated rings. The van der Waals surface area contributed by atoms with E-state index < -0.39 is 18.1 Å². The molecule has 4 N–H and O–H groups in total. The molecule has 1 aliphatic rings. The van der Waals surface area contributed by atoms with Gasteiger partial charge in [0.2, 0.25) is 0 Å². The Balaban J connectivity index is 1.32. The molecule has 2 heterocycles. The molecule has 0 amide bonds. The Hall–Kier alpha value is -4.41. The summed E-state index contributed by atoms with van der Waals surface area (Å²) >= 11 is 13.8. The normalized spacial score (nSPS) is 15.1. The molecule has 0 spiro atoms. The van der Waals surface area contributed by atoms with Crippen LogP contribution < -0.4 is 19.5 Å². The van der Waals surface area contributed by atoms with Gasteiger partial charge in [-0.05, 0) is 68.6 Å². The number of benzene rings is 3. The largest absolute Gasteiger partial charge is 0.493 e. The number of halogens is 2. The van der Waals surface area contributed by atoms with Gasteiger partial charge in [0.15, 0.2) is 0 Å². The number of aliphatic hydroxyl groups excluding tert-OH is 2. The highest BCUT2D eigenvalue weighted by molar-refractivity contribution is 6.34. The maximum Gasteiger partial charge on any atom is 0.320 e. The van der Waals surface area contributed by atoms with Crippen molar-refractivity contribution in [1.29, 1.82) is 5.26 Å². The molecule has 5 rings (SSSR count). The van der Waals surface area contributed by atoms with Gasteiger partial charge in [-0.3, -0.25) is 14.7 Å². The van der Waals surface area contributed by atoms with E-state index in [1.54, 1.807) is 24.4 Å². The van der Waals surface area contributed by atoms with Crippen molar-refractivity contribution in [1.82, 2.24) is 15.2 Å². The minimum absolute atomic E-state index is 0.111. The summed E-state index contributed by atoms with van der Waals surface area (Å²) in [6, 6.07) is 18.2. The van der Waals surface area contributed by atoms with Crippen LogP contribution in [-0.2, 0) is 24.6 Å². The van der Waals surface area contributed by atoms with Crippen molar-refractivity contribution in [3.05, 3.63) is 105 Å². The van der Waals surface area contributed by atoms with Crippen molar-refractivity contribution >= 4 is 29.2 Å². The summed E-state index contributed by atoms with van der Waals surface area (Å²) in [6.07, 6.45) is 5.37. The van der Waals surface area contributed by atoms with E-state index >= 15 is 0 Å². The fourth-order valence-corrected chi connectivity index (χ4v) is 6.76. The van der Waals surface area contributed by atoms with Crippen molar-refractivity contribution in [2.24, 2.45) is 0 Å². The minimum Gasteiger partial charge on any atom is -0.493 e. The number of likely N-dealkylation sites (tertiary alicyclic amines) is 1. The van der Waals surface area contributed by atoms with E-state index in [9.17, 15) is 20.3 Å². The third-order valence-corrected chi connectivity index (χ3v) is 9.83. The van der Waals surface area contributed by atoms with Crippen LogP contribution in [0.4, 0.5) is 0 Å². The summed E-state index contributed by atoms with van der Waals surface area (Å²) in [6.45, 7) is 4.34.